The molecule has 7 aromatic carbocycles. The van der Waals surface area contributed by atoms with Gasteiger partial charge >= 0.3 is 0 Å². The van der Waals surface area contributed by atoms with Crippen LogP contribution in [0.25, 0.3) is 93.6 Å². The van der Waals surface area contributed by atoms with Crippen molar-refractivity contribution in [1.82, 2.24) is 14.5 Å². The molecule has 4 heteroatoms. The summed E-state index contributed by atoms with van der Waals surface area (Å²) in [6.07, 6.45) is 0. The highest BCUT2D eigenvalue weighted by atomic mass is 16.3. The van der Waals surface area contributed by atoms with Gasteiger partial charge < -0.3 is 4.42 Å². The number of imidazole rings is 1. The lowest BCUT2D eigenvalue weighted by molar-refractivity contribution is 0.587. The number of hydrogen-bond donors (Lipinski definition) is 0. The molecule has 3 aromatic heterocycles. The van der Waals surface area contributed by atoms with Gasteiger partial charge in [0.1, 0.15) is 11.4 Å². The summed E-state index contributed by atoms with van der Waals surface area (Å²) in [6.45, 7) is 4.42. The first-order valence-corrected chi connectivity index (χ1v) is 17.3. The second-order valence-corrected chi connectivity index (χ2v) is 14.4. The summed E-state index contributed by atoms with van der Waals surface area (Å²) in [5.74, 6) is 0.735. The fourth-order valence-corrected chi connectivity index (χ4v) is 7.90. The topological polar surface area (TPSA) is 43.9 Å². The molecule has 10 aromatic rings. The molecule has 0 aliphatic rings. The zero-order valence-electron chi connectivity index (χ0n) is 31.5. The average Bonchev–Trinajstić information content (AvgIpc) is 3.75. The molecule has 0 atom stereocenters. The van der Waals surface area contributed by atoms with E-state index >= 15 is 0 Å². The predicted octanol–water partition coefficient (Wildman–Crippen LogP) is 12.7. The van der Waals surface area contributed by atoms with Gasteiger partial charge in [-0.15, -0.1) is 0 Å². The number of hydrogen-bond acceptors (Lipinski definition) is 3. The first kappa shape index (κ1) is 26.6. The van der Waals surface area contributed by atoms with Crippen LogP contribution in [0.2, 0.25) is 0 Å². The molecule has 4 nitrogen and oxygen atoms in total. The van der Waals surface area contributed by atoms with Gasteiger partial charge in [0.05, 0.1) is 22.3 Å². The normalized spacial score (nSPS) is 13.4. The van der Waals surface area contributed by atoms with E-state index in [4.69, 9.17) is 13.5 Å². The lowest BCUT2D eigenvalue weighted by atomic mass is 9.83. The molecule has 0 amide bonds. The molecule has 3 heterocycles. The molecule has 0 N–H and O–H groups in total. The summed E-state index contributed by atoms with van der Waals surface area (Å²) in [5, 5.41) is 9.15. The summed E-state index contributed by atoms with van der Waals surface area (Å²) in [7, 11) is 0. The Morgan fingerprint density at radius 1 is 0.569 bits per heavy atom. The molecule has 0 saturated heterocycles. The van der Waals surface area contributed by atoms with Gasteiger partial charge in [-0.05, 0) is 110 Å². The second-order valence-electron chi connectivity index (χ2n) is 14.4. The van der Waals surface area contributed by atoms with Crippen molar-refractivity contribution < 1.29 is 8.53 Å². The van der Waals surface area contributed by atoms with Crippen molar-refractivity contribution in [3.05, 3.63) is 151 Å². The number of nitrogens with zero attached hydrogens (tertiary/aromatic N) is 3. The summed E-state index contributed by atoms with van der Waals surface area (Å²) in [4.78, 5) is 9.64. The van der Waals surface area contributed by atoms with Crippen LogP contribution in [0, 0.1) is 6.85 Å². The highest BCUT2D eigenvalue weighted by Gasteiger charge is 2.25. The molecule has 0 saturated carbocycles. The second kappa shape index (κ2) is 10.9. The van der Waals surface area contributed by atoms with Crippen molar-refractivity contribution in [3.63, 3.8) is 0 Å². The number of furan rings is 1. The van der Waals surface area contributed by atoms with E-state index in [0.717, 1.165) is 50.0 Å². The van der Waals surface area contributed by atoms with Gasteiger partial charge in [0.15, 0.2) is 0 Å². The number of benzene rings is 7. The zero-order chi connectivity index (χ0) is 36.9. The molecule has 0 bridgehead atoms. The minimum Gasteiger partial charge on any atom is -0.437 e. The molecule has 0 unspecified atom stereocenters. The lowest BCUT2D eigenvalue weighted by Crippen LogP contribution is -2.16. The van der Waals surface area contributed by atoms with E-state index in [1.807, 2.05) is 36.4 Å². The number of pyridine rings is 1. The third-order valence-electron chi connectivity index (χ3n) is 10.3. The van der Waals surface area contributed by atoms with Gasteiger partial charge in [-0.2, -0.15) is 0 Å². The first-order valence-electron chi connectivity index (χ1n) is 18.8. The van der Waals surface area contributed by atoms with Crippen LogP contribution in [0.3, 0.4) is 0 Å². The van der Waals surface area contributed by atoms with E-state index in [1.165, 1.54) is 37.9 Å². The SMILES string of the molecule is [2H]C([2H])([2H])c1ccc2c(n1)oc1c(-c3nc4ccccc4n3-c3ccc(-c4ccc5c6ccccc6c6ccccc6c5c4)cc3C(C)(C)C)cccc12. The van der Waals surface area contributed by atoms with Crippen LogP contribution in [0.4, 0.5) is 0 Å². The molecule has 0 aliphatic heterocycles. The Bertz CT molecular complexity index is 3110. The Morgan fingerprint density at radius 3 is 1.94 bits per heavy atom. The van der Waals surface area contributed by atoms with E-state index in [0.29, 0.717) is 11.3 Å². The molecule has 0 spiro atoms. The van der Waals surface area contributed by atoms with E-state index in [2.05, 4.69) is 121 Å². The van der Waals surface area contributed by atoms with Crippen molar-refractivity contribution in [2.45, 2.75) is 33.0 Å². The minimum atomic E-state index is -2.34. The maximum absolute atomic E-state index is 7.90. The highest BCUT2D eigenvalue weighted by molar-refractivity contribution is 6.25. The Morgan fingerprint density at radius 2 is 1.20 bits per heavy atom. The molecule has 0 aliphatic carbocycles. The van der Waals surface area contributed by atoms with Crippen LogP contribution in [-0.2, 0) is 5.41 Å². The number of rotatable bonds is 3. The van der Waals surface area contributed by atoms with Gasteiger partial charge in [-0.1, -0.05) is 112 Å². The largest absolute Gasteiger partial charge is 0.437 e. The van der Waals surface area contributed by atoms with Crippen molar-refractivity contribution in [1.29, 1.82) is 0 Å². The molecular weight excluding hydrogens is 623 g/mol. The Kier molecular flexibility index (Phi) is 5.67. The van der Waals surface area contributed by atoms with E-state index in [-0.39, 0.29) is 11.1 Å². The molecule has 10 rings (SSSR count). The van der Waals surface area contributed by atoms with Crippen molar-refractivity contribution in [3.8, 4) is 28.2 Å². The standard InChI is InChI=1S/C47H35N3O/c1-28-20-23-37-36-16-11-17-38(44(36)51-46(37)48-28)45-49-41-18-9-10-19-43(41)50(45)42-25-22-30(27-40(42)47(2,3)4)29-21-24-35-33-14-6-5-12-31(33)32-13-7-8-15-34(32)39(35)26-29/h5-27H,1-4H3/i1D3. The lowest BCUT2D eigenvalue weighted by Gasteiger charge is -2.25. The summed E-state index contributed by atoms with van der Waals surface area (Å²) < 4.78 is 32.3. The molecule has 0 radical (unpaired) electrons. The molecule has 244 valence electrons. The van der Waals surface area contributed by atoms with Crippen LogP contribution in [-0.4, -0.2) is 14.5 Å². The van der Waals surface area contributed by atoms with Crippen LogP contribution < -0.4 is 0 Å². The fraction of sp³-hybridized carbons (Fsp3) is 0.106. The van der Waals surface area contributed by atoms with Gasteiger partial charge in [0, 0.05) is 20.6 Å². The van der Waals surface area contributed by atoms with Crippen molar-refractivity contribution in [2.24, 2.45) is 0 Å². The van der Waals surface area contributed by atoms with Gasteiger partial charge in [-0.25, -0.2) is 9.97 Å². The number of aromatic nitrogens is 3. The van der Waals surface area contributed by atoms with Crippen LogP contribution in [0.15, 0.2) is 144 Å². The maximum Gasteiger partial charge on any atom is 0.227 e. The van der Waals surface area contributed by atoms with Gasteiger partial charge in [-0.3, -0.25) is 4.57 Å². The van der Waals surface area contributed by atoms with Gasteiger partial charge in [0.2, 0.25) is 5.71 Å². The van der Waals surface area contributed by atoms with Crippen LogP contribution in [0.5, 0.6) is 0 Å². The predicted molar refractivity (Wildman–Crippen MR) is 213 cm³/mol. The summed E-state index contributed by atoms with van der Waals surface area (Å²) in [6, 6.07) is 48.5. The van der Waals surface area contributed by atoms with Crippen LogP contribution >= 0.6 is 0 Å². The summed E-state index contributed by atoms with van der Waals surface area (Å²) >= 11 is 0. The Hall–Kier alpha value is -6.26. The smallest absolute Gasteiger partial charge is 0.227 e. The zero-order valence-corrected chi connectivity index (χ0v) is 28.5. The Balaban J connectivity index is 1.19. The van der Waals surface area contributed by atoms with Crippen molar-refractivity contribution in [2.75, 3.05) is 0 Å². The summed E-state index contributed by atoms with van der Waals surface area (Å²) in [5.41, 5.74) is 7.84. The van der Waals surface area contributed by atoms with E-state index < -0.39 is 6.85 Å². The highest BCUT2D eigenvalue weighted by Crippen LogP contribution is 2.42. The third-order valence-corrected chi connectivity index (χ3v) is 10.3. The minimum absolute atomic E-state index is 0.00528. The molecule has 51 heavy (non-hydrogen) atoms. The van der Waals surface area contributed by atoms with Crippen LogP contribution in [0.1, 0.15) is 36.1 Å². The van der Waals surface area contributed by atoms with E-state index in [9.17, 15) is 0 Å². The molecule has 0 fully saturated rings. The van der Waals surface area contributed by atoms with Gasteiger partial charge in [0.25, 0.3) is 0 Å². The maximum atomic E-state index is 7.90. The number of para-hydroxylation sites is 3. The number of aryl methyl sites for hydroxylation is 1. The van der Waals surface area contributed by atoms with Crippen molar-refractivity contribution >= 4 is 65.4 Å². The first-order chi connectivity index (χ1) is 26.0. The van der Waals surface area contributed by atoms with E-state index in [1.54, 1.807) is 12.1 Å². The third kappa shape index (κ3) is 4.53. The molecular formula is C47H35N3O. The quantitative estimate of drug-likeness (QED) is 0.177. The number of fused-ring (bicyclic) bond motifs is 10. The Labute approximate surface area is 299 Å². The average molecular weight is 661 g/mol. The monoisotopic (exact) mass is 660 g/mol. The fourth-order valence-electron chi connectivity index (χ4n) is 7.90.